The Bertz CT molecular complexity index is 666. The first-order valence-electron chi connectivity index (χ1n) is 9.39. The molecule has 0 saturated carbocycles. The molecular weight excluding hydrogens is 352 g/mol. The van der Waals surface area contributed by atoms with Crippen LogP contribution >= 0.6 is 0 Å². The Morgan fingerprint density at radius 1 is 1.11 bits per heavy atom. The molecule has 0 spiro atoms. The molecule has 0 radical (unpaired) electrons. The molecule has 1 aliphatic heterocycles. The molecule has 0 atom stereocenters. The Labute approximate surface area is 159 Å². The smallest absolute Gasteiger partial charge is 0.254 e. The quantitative estimate of drug-likeness (QED) is 0.824. The maximum atomic E-state index is 13.6. The summed E-state index contributed by atoms with van der Waals surface area (Å²) in [6, 6.07) is 2.79. The van der Waals surface area contributed by atoms with Crippen LogP contribution in [0.15, 0.2) is 18.2 Å². The molecule has 0 bridgehead atoms. The van der Waals surface area contributed by atoms with Gasteiger partial charge in [0.15, 0.2) is 0 Å². The van der Waals surface area contributed by atoms with Crippen LogP contribution in [0.1, 0.15) is 44.0 Å². The van der Waals surface area contributed by atoms with Crippen molar-refractivity contribution in [3.05, 3.63) is 35.4 Å². The van der Waals surface area contributed by atoms with Crippen LogP contribution in [0.3, 0.4) is 0 Å². The number of hydrogen-bond acceptors (Lipinski definition) is 3. The van der Waals surface area contributed by atoms with Crippen molar-refractivity contribution in [1.82, 2.24) is 15.1 Å². The van der Waals surface area contributed by atoms with Crippen LogP contribution in [-0.2, 0) is 4.79 Å². The van der Waals surface area contributed by atoms with E-state index in [1.165, 1.54) is 0 Å². The monoisotopic (exact) mass is 381 g/mol. The molecule has 0 aromatic heterocycles. The number of amides is 2. The third-order valence-electron chi connectivity index (χ3n) is 4.70. The molecule has 2 rings (SSSR count). The molecule has 150 valence electrons. The molecule has 1 fully saturated rings. The first-order chi connectivity index (χ1) is 12.7. The molecule has 1 aromatic carbocycles. The van der Waals surface area contributed by atoms with Crippen LogP contribution in [0.4, 0.5) is 8.78 Å². The fourth-order valence-electron chi connectivity index (χ4n) is 2.92. The summed E-state index contributed by atoms with van der Waals surface area (Å²) in [5.41, 5.74) is 0.0751. The molecule has 1 aliphatic rings. The van der Waals surface area contributed by atoms with Crippen molar-refractivity contribution < 1.29 is 18.4 Å². The number of rotatable bonds is 6. The normalized spacial score (nSPS) is 15.7. The number of piperazine rings is 1. The van der Waals surface area contributed by atoms with Crippen molar-refractivity contribution in [1.29, 1.82) is 0 Å². The van der Waals surface area contributed by atoms with Gasteiger partial charge in [0, 0.05) is 45.2 Å². The van der Waals surface area contributed by atoms with Gasteiger partial charge in [-0.3, -0.25) is 14.5 Å². The highest BCUT2D eigenvalue weighted by Crippen LogP contribution is 2.19. The average Bonchev–Trinajstić information content (AvgIpc) is 2.59. The average molecular weight is 381 g/mol. The van der Waals surface area contributed by atoms with E-state index in [0.29, 0.717) is 24.6 Å². The largest absolute Gasteiger partial charge is 0.351 e. The fraction of sp³-hybridized carbons (Fsp3) is 0.600. The summed E-state index contributed by atoms with van der Waals surface area (Å²) in [6.45, 7) is 10.9. The zero-order valence-electron chi connectivity index (χ0n) is 16.4. The van der Waals surface area contributed by atoms with Crippen LogP contribution in [0.2, 0.25) is 0 Å². The predicted molar refractivity (Wildman–Crippen MR) is 100 cm³/mol. The number of carbonyl (C=O) groups is 2. The lowest BCUT2D eigenvalue weighted by Crippen LogP contribution is -2.49. The maximum absolute atomic E-state index is 13.6. The summed E-state index contributed by atoms with van der Waals surface area (Å²) in [4.78, 5) is 28.4. The molecule has 1 aromatic rings. The van der Waals surface area contributed by atoms with Gasteiger partial charge in [-0.1, -0.05) is 20.8 Å². The topological polar surface area (TPSA) is 52.6 Å². The van der Waals surface area contributed by atoms with Gasteiger partial charge in [-0.25, -0.2) is 8.78 Å². The van der Waals surface area contributed by atoms with Gasteiger partial charge in [0.05, 0.1) is 5.56 Å². The molecule has 2 amide bonds. The molecule has 1 heterocycles. The van der Waals surface area contributed by atoms with Crippen molar-refractivity contribution >= 4 is 11.8 Å². The predicted octanol–water partition coefficient (Wildman–Crippen LogP) is 2.67. The van der Waals surface area contributed by atoms with Gasteiger partial charge in [-0.05, 0) is 30.5 Å². The minimum absolute atomic E-state index is 0.0228. The van der Waals surface area contributed by atoms with Crippen LogP contribution in [0.25, 0.3) is 0 Å². The highest BCUT2D eigenvalue weighted by atomic mass is 19.1. The Morgan fingerprint density at radius 3 is 2.37 bits per heavy atom. The van der Waals surface area contributed by atoms with E-state index in [1.807, 2.05) is 0 Å². The highest BCUT2D eigenvalue weighted by Gasteiger charge is 2.22. The first kappa shape index (κ1) is 21.3. The molecule has 1 saturated heterocycles. The number of hydrogen-bond donors (Lipinski definition) is 1. The zero-order chi connectivity index (χ0) is 20.0. The Hall–Kier alpha value is -2.02. The number of nitrogens with zero attached hydrogens (tertiary/aromatic N) is 2. The molecule has 0 aliphatic carbocycles. The van der Waals surface area contributed by atoms with Crippen LogP contribution in [-0.4, -0.2) is 60.9 Å². The second kappa shape index (κ2) is 9.26. The van der Waals surface area contributed by atoms with E-state index in [1.54, 1.807) is 4.90 Å². The first-order valence-corrected chi connectivity index (χ1v) is 9.39. The second-order valence-electron chi connectivity index (χ2n) is 8.16. The van der Waals surface area contributed by atoms with Crippen molar-refractivity contribution in [2.75, 3.05) is 39.3 Å². The summed E-state index contributed by atoms with van der Waals surface area (Å²) in [7, 11) is 0. The summed E-state index contributed by atoms with van der Waals surface area (Å²) in [5.74, 6) is -2.32. The van der Waals surface area contributed by atoms with E-state index in [2.05, 4.69) is 31.0 Å². The highest BCUT2D eigenvalue weighted by molar-refractivity contribution is 5.94. The standard InChI is InChI=1S/C20H29F2N3O2/c1-20(2,3)7-9-24-10-12-25(13-11-24)18(26)6-8-23-19(27)16-5-4-15(21)14-17(16)22/h4-5,14H,6-13H2,1-3H3,(H,23,27). The van der Waals surface area contributed by atoms with E-state index >= 15 is 0 Å². The summed E-state index contributed by atoms with van der Waals surface area (Å²) in [6.07, 6.45) is 1.28. The SMILES string of the molecule is CC(C)(C)CCN1CCN(C(=O)CCNC(=O)c2ccc(F)cc2F)CC1. The zero-order valence-corrected chi connectivity index (χ0v) is 16.4. The maximum Gasteiger partial charge on any atom is 0.254 e. The summed E-state index contributed by atoms with van der Waals surface area (Å²) in [5, 5.41) is 2.52. The molecular formula is C20H29F2N3O2. The molecule has 1 N–H and O–H groups in total. The molecule has 27 heavy (non-hydrogen) atoms. The third kappa shape index (κ3) is 6.90. The Balaban J connectivity index is 1.70. The van der Waals surface area contributed by atoms with E-state index in [0.717, 1.165) is 38.2 Å². The van der Waals surface area contributed by atoms with Gasteiger partial charge in [-0.2, -0.15) is 0 Å². The lowest BCUT2D eigenvalue weighted by atomic mass is 9.92. The fourth-order valence-corrected chi connectivity index (χ4v) is 2.92. The second-order valence-corrected chi connectivity index (χ2v) is 8.16. The van der Waals surface area contributed by atoms with Crippen LogP contribution < -0.4 is 5.32 Å². The number of benzene rings is 1. The minimum atomic E-state index is -0.912. The Kier molecular flexibility index (Phi) is 7.30. The van der Waals surface area contributed by atoms with Crippen molar-refractivity contribution in [3.8, 4) is 0 Å². The van der Waals surface area contributed by atoms with E-state index < -0.39 is 17.5 Å². The molecule has 5 nitrogen and oxygen atoms in total. The lowest BCUT2D eigenvalue weighted by molar-refractivity contribution is -0.132. The summed E-state index contributed by atoms with van der Waals surface area (Å²) < 4.78 is 26.5. The Morgan fingerprint density at radius 2 is 1.78 bits per heavy atom. The van der Waals surface area contributed by atoms with Gasteiger partial charge >= 0.3 is 0 Å². The molecule has 0 unspecified atom stereocenters. The molecule has 7 heteroatoms. The van der Waals surface area contributed by atoms with Crippen molar-refractivity contribution in [3.63, 3.8) is 0 Å². The van der Waals surface area contributed by atoms with E-state index in [4.69, 9.17) is 0 Å². The van der Waals surface area contributed by atoms with Gasteiger partial charge in [0.2, 0.25) is 5.91 Å². The number of nitrogens with one attached hydrogen (secondary N) is 1. The number of carbonyl (C=O) groups excluding carboxylic acids is 2. The number of halogens is 2. The van der Waals surface area contributed by atoms with Gasteiger partial charge in [0.1, 0.15) is 11.6 Å². The lowest BCUT2D eigenvalue weighted by Gasteiger charge is -2.36. The van der Waals surface area contributed by atoms with Gasteiger partial charge in [0.25, 0.3) is 5.91 Å². The van der Waals surface area contributed by atoms with Crippen LogP contribution in [0.5, 0.6) is 0 Å². The van der Waals surface area contributed by atoms with E-state index in [9.17, 15) is 18.4 Å². The van der Waals surface area contributed by atoms with Crippen LogP contribution in [0, 0.1) is 17.0 Å². The van der Waals surface area contributed by atoms with Gasteiger partial charge < -0.3 is 10.2 Å². The third-order valence-corrected chi connectivity index (χ3v) is 4.70. The van der Waals surface area contributed by atoms with Crippen molar-refractivity contribution in [2.45, 2.75) is 33.6 Å². The van der Waals surface area contributed by atoms with Gasteiger partial charge in [-0.15, -0.1) is 0 Å². The van der Waals surface area contributed by atoms with Crippen molar-refractivity contribution in [2.24, 2.45) is 5.41 Å². The van der Waals surface area contributed by atoms with E-state index in [-0.39, 0.29) is 24.4 Å². The summed E-state index contributed by atoms with van der Waals surface area (Å²) >= 11 is 0. The minimum Gasteiger partial charge on any atom is -0.351 e.